The Morgan fingerprint density at radius 1 is 1.27 bits per heavy atom. The Bertz CT molecular complexity index is 642. The van der Waals surface area contributed by atoms with Crippen molar-refractivity contribution in [2.75, 3.05) is 13.1 Å². The molecule has 22 heavy (non-hydrogen) atoms. The van der Waals surface area contributed by atoms with Crippen LogP contribution in [0.4, 0.5) is 4.79 Å². The average molecular weight is 306 g/mol. The number of aryl methyl sites for hydroxylation is 2. The Morgan fingerprint density at radius 2 is 1.91 bits per heavy atom. The molecule has 1 aliphatic rings. The average Bonchev–Trinajstić information content (AvgIpc) is 2.75. The Hall–Kier alpha value is -1.78. The van der Waals surface area contributed by atoms with Crippen molar-refractivity contribution in [2.24, 2.45) is 0 Å². The summed E-state index contributed by atoms with van der Waals surface area (Å²) in [6, 6.07) is 1.66. The topological polar surface area (TPSA) is 51.5 Å². The second kappa shape index (κ2) is 5.45. The number of nitrogens with zero attached hydrogens (tertiary/aromatic N) is 2. The quantitative estimate of drug-likeness (QED) is 0.801. The van der Waals surface area contributed by atoms with Crippen LogP contribution >= 0.6 is 0 Å². The van der Waals surface area contributed by atoms with Crippen molar-refractivity contribution in [3.63, 3.8) is 0 Å². The van der Waals surface area contributed by atoms with Crippen LogP contribution in [0.1, 0.15) is 45.2 Å². The van der Waals surface area contributed by atoms with Crippen LogP contribution in [-0.4, -0.2) is 34.3 Å². The van der Waals surface area contributed by atoms with E-state index in [1.165, 1.54) is 0 Å². The number of hydrogen-bond acceptors (Lipinski definition) is 3. The molecule has 1 fully saturated rings. The van der Waals surface area contributed by atoms with Crippen molar-refractivity contribution < 1.29 is 9.53 Å². The molecule has 0 bridgehead atoms. The summed E-state index contributed by atoms with van der Waals surface area (Å²) in [6.07, 6.45) is 2.33. The Kier molecular flexibility index (Phi) is 4.11. The first kappa shape index (κ1) is 16.6. The summed E-state index contributed by atoms with van der Waals surface area (Å²) in [7, 11) is 0. The number of likely N-dealkylation sites (tertiary alicyclic amines) is 1. The van der Waals surface area contributed by atoms with Crippen molar-refractivity contribution in [3.8, 4) is 0 Å². The molecule has 1 aliphatic heterocycles. The molecule has 2 rings (SSSR count). The molecule has 0 spiro atoms. The van der Waals surface area contributed by atoms with E-state index in [1.54, 1.807) is 15.5 Å². The predicted octanol–water partition coefficient (Wildman–Crippen LogP) is 2.82. The van der Waals surface area contributed by atoms with E-state index < -0.39 is 5.60 Å². The van der Waals surface area contributed by atoms with Gasteiger partial charge in [0, 0.05) is 25.4 Å². The van der Waals surface area contributed by atoms with E-state index in [1.807, 2.05) is 47.7 Å². The van der Waals surface area contributed by atoms with Gasteiger partial charge in [0.25, 0.3) is 5.56 Å². The van der Waals surface area contributed by atoms with Crippen LogP contribution in [0.15, 0.2) is 17.1 Å². The molecule has 5 nitrogen and oxygen atoms in total. The van der Waals surface area contributed by atoms with Crippen molar-refractivity contribution in [1.29, 1.82) is 0 Å². The number of pyridine rings is 1. The summed E-state index contributed by atoms with van der Waals surface area (Å²) in [4.78, 5) is 26.2. The third kappa shape index (κ3) is 3.34. The zero-order valence-electron chi connectivity index (χ0n) is 14.4. The molecule has 0 aliphatic carbocycles. The summed E-state index contributed by atoms with van der Waals surface area (Å²) in [6.45, 7) is 12.6. The number of aromatic nitrogens is 1. The zero-order valence-corrected chi connectivity index (χ0v) is 14.4. The van der Waals surface area contributed by atoms with E-state index >= 15 is 0 Å². The minimum Gasteiger partial charge on any atom is -0.444 e. The van der Waals surface area contributed by atoms with Crippen LogP contribution in [0, 0.1) is 13.8 Å². The first-order valence-corrected chi connectivity index (χ1v) is 7.70. The van der Waals surface area contributed by atoms with E-state index in [4.69, 9.17) is 4.74 Å². The highest BCUT2D eigenvalue weighted by atomic mass is 16.6. The number of rotatable bonds is 1. The lowest BCUT2D eigenvalue weighted by atomic mass is 10.00. The highest BCUT2D eigenvalue weighted by molar-refractivity contribution is 5.68. The maximum atomic E-state index is 12.3. The van der Waals surface area contributed by atoms with Gasteiger partial charge in [0.15, 0.2) is 0 Å². The van der Waals surface area contributed by atoms with Crippen molar-refractivity contribution >= 4 is 6.09 Å². The van der Waals surface area contributed by atoms with Crippen LogP contribution in [-0.2, 0) is 10.3 Å². The largest absolute Gasteiger partial charge is 0.444 e. The Labute approximate surface area is 131 Å². The van der Waals surface area contributed by atoms with Crippen molar-refractivity contribution in [3.05, 3.63) is 33.7 Å². The van der Waals surface area contributed by atoms with Crippen LogP contribution in [0.25, 0.3) is 0 Å². The van der Waals surface area contributed by atoms with Crippen LogP contribution in [0.2, 0.25) is 0 Å². The first-order valence-electron chi connectivity index (χ1n) is 7.70. The molecule has 1 saturated heterocycles. The van der Waals surface area contributed by atoms with Crippen molar-refractivity contribution in [1.82, 2.24) is 9.47 Å². The second-order valence-electron chi connectivity index (χ2n) is 7.50. The molecule has 1 aromatic heterocycles. The minimum absolute atomic E-state index is 0.0170. The summed E-state index contributed by atoms with van der Waals surface area (Å²) in [5.74, 6) is 0. The molecule has 1 atom stereocenters. The maximum Gasteiger partial charge on any atom is 0.410 e. The van der Waals surface area contributed by atoms with Crippen LogP contribution in [0.3, 0.4) is 0 Å². The number of ether oxygens (including phenoxy) is 1. The molecular formula is C17H26N2O3. The van der Waals surface area contributed by atoms with Gasteiger partial charge in [-0.05, 0) is 59.1 Å². The predicted molar refractivity (Wildman–Crippen MR) is 86.2 cm³/mol. The molecule has 122 valence electrons. The third-order valence-corrected chi connectivity index (χ3v) is 4.21. The van der Waals surface area contributed by atoms with Gasteiger partial charge in [-0.2, -0.15) is 0 Å². The summed E-state index contributed by atoms with van der Waals surface area (Å²) in [5, 5.41) is 0. The number of carbonyl (C=O) groups excluding carboxylic acids is 1. The van der Waals surface area contributed by atoms with E-state index in [-0.39, 0.29) is 17.2 Å². The van der Waals surface area contributed by atoms with Crippen LogP contribution in [0.5, 0.6) is 0 Å². The fourth-order valence-corrected chi connectivity index (χ4v) is 2.77. The molecule has 0 saturated carbocycles. The van der Waals surface area contributed by atoms with Gasteiger partial charge in [0.05, 0.1) is 5.54 Å². The van der Waals surface area contributed by atoms with Gasteiger partial charge in [-0.25, -0.2) is 4.79 Å². The van der Waals surface area contributed by atoms with Crippen LogP contribution < -0.4 is 5.56 Å². The van der Waals surface area contributed by atoms with Crippen molar-refractivity contribution in [2.45, 2.75) is 59.1 Å². The normalized spacial score (nSPS) is 22.0. The third-order valence-electron chi connectivity index (χ3n) is 4.21. The number of carbonyl (C=O) groups is 1. The molecule has 1 aromatic rings. The van der Waals surface area contributed by atoms with E-state index in [2.05, 4.69) is 0 Å². The lowest BCUT2D eigenvalue weighted by Gasteiger charge is -2.29. The molecular weight excluding hydrogens is 280 g/mol. The second-order valence-corrected chi connectivity index (χ2v) is 7.50. The SMILES string of the molecule is Cc1cc(=O)n(C2(C)CCN(C(=O)OC(C)(C)C)C2)cc1C. The van der Waals surface area contributed by atoms with Gasteiger partial charge in [0.2, 0.25) is 0 Å². The Balaban J connectivity index is 2.23. The summed E-state index contributed by atoms with van der Waals surface area (Å²) in [5.41, 5.74) is 1.17. The highest BCUT2D eigenvalue weighted by Gasteiger charge is 2.39. The number of hydrogen-bond donors (Lipinski definition) is 0. The van der Waals surface area contributed by atoms with Gasteiger partial charge in [0.1, 0.15) is 5.60 Å². The molecule has 5 heteroatoms. The highest BCUT2D eigenvalue weighted by Crippen LogP contribution is 2.29. The van der Waals surface area contributed by atoms with E-state index in [9.17, 15) is 9.59 Å². The molecule has 0 N–H and O–H groups in total. The summed E-state index contributed by atoms with van der Waals surface area (Å²) < 4.78 is 7.19. The van der Waals surface area contributed by atoms with Gasteiger partial charge >= 0.3 is 6.09 Å². The standard InChI is InChI=1S/C17H26N2O3/c1-12-9-14(20)19(10-13(12)2)17(6)7-8-18(11-17)15(21)22-16(3,4)5/h9-10H,7-8,11H2,1-6H3. The fraction of sp³-hybridized carbons (Fsp3) is 0.647. The Morgan fingerprint density at radius 3 is 2.50 bits per heavy atom. The zero-order chi connectivity index (χ0) is 16.7. The molecule has 1 amide bonds. The van der Waals surface area contributed by atoms with E-state index in [0.29, 0.717) is 13.1 Å². The van der Waals surface area contributed by atoms with Gasteiger partial charge in [-0.1, -0.05) is 0 Å². The summed E-state index contributed by atoms with van der Waals surface area (Å²) >= 11 is 0. The van der Waals surface area contributed by atoms with E-state index in [0.717, 1.165) is 17.5 Å². The monoisotopic (exact) mass is 306 g/mol. The smallest absolute Gasteiger partial charge is 0.410 e. The first-order chi connectivity index (χ1) is 10.0. The molecule has 2 heterocycles. The fourth-order valence-electron chi connectivity index (χ4n) is 2.77. The maximum absolute atomic E-state index is 12.3. The number of amides is 1. The van der Waals surface area contributed by atoms with Gasteiger partial charge < -0.3 is 14.2 Å². The van der Waals surface area contributed by atoms with Gasteiger partial charge in [-0.15, -0.1) is 0 Å². The molecule has 1 unspecified atom stereocenters. The van der Waals surface area contributed by atoms with Gasteiger partial charge in [-0.3, -0.25) is 4.79 Å². The lowest BCUT2D eigenvalue weighted by Crippen LogP contribution is -2.43. The molecule has 0 radical (unpaired) electrons. The molecule has 0 aromatic carbocycles. The lowest BCUT2D eigenvalue weighted by molar-refractivity contribution is 0.0277. The minimum atomic E-state index is -0.507.